The monoisotopic (exact) mass is 584 g/mol. The molecule has 0 unspecified atom stereocenters. The molecule has 0 fully saturated rings. The van der Waals surface area contributed by atoms with Gasteiger partial charge in [0.2, 0.25) is 0 Å². The molecule has 0 aromatic heterocycles. The van der Waals surface area contributed by atoms with E-state index in [0.717, 1.165) is 36.3 Å². The molecule has 0 radical (unpaired) electrons. The van der Waals surface area contributed by atoms with E-state index < -0.39 is 23.8 Å². The van der Waals surface area contributed by atoms with Gasteiger partial charge in [-0.3, -0.25) is 10.1 Å². The Hall–Kier alpha value is -1.75. The number of aliphatic hydroxyl groups excluding tert-OH is 2. The van der Waals surface area contributed by atoms with Crippen molar-refractivity contribution in [2.24, 2.45) is 0 Å². The van der Waals surface area contributed by atoms with E-state index in [2.05, 4.69) is 5.32 Å². The minimum absolute atomic E-state index is 0.185. The average Bonchev–Trinajstić information content (AvgIpc) is 2.88. The minimum Gasteiger partial charge on any atom is -0.444 e. The first-order chi connectivity index (χ1) is 18.6. The molecule has 0 aliphatic heterocycles. The van der Waals surface area contributed by atoms with Crippen molar-refractivity contribution in [1.82, 2.24) is 5.32 Å². The molecule has 0 spiro atoms. The van der Waals surface area contributed by atoms with Crippen LogP contribution in [0, 0.1) is 10.1 Å². The third kappa shape index (κ3) is 18.3. The number of aliphatic hydroxyl groups is 2. The molecule has 0 aliphatic carbocycles. The number of amides is 1. The van der Waals surface area contributed by atoms with E-state index in [1.165, 1.54) is 62.2 Å². The minimum atomic E-state index is -0.960. The highest BCUT2D eigenvalue weighted by Gasteiger charge is 2.22. The van der Waals surface area contributed by atoms with Crippen molar-refractivity contribution in [1.29, 1.82) is 0 Å². The zero-order chi connectivity index (χ0) is 28.9. The van der Waals surface area contributed by atoms with Gasteiger partial charge in [-0.15, -0.1) is 0 Å². The van der Waals surface area contributed by atoms with Gasteiger partial charge >= 0.3 is 6.09 Å². The number of allylic oxidation sites excluding steroid dienone is 1. The van der Waals surface area contributed by atoms with Gasteiger partial charge in [-0.05, 0) is 46.1 Å². The highest BCUT2D eigenvalue weighted by Crippen LogP contribution is 2.37. The van der Waals surface area contributed by atoms with Crippen LogP contribution in [-0.2, 0) is 4.74 Å². The predicted molar refractivity (Wildman–Crippen MR) is 162 cm³/mol. The van der Waals surface area contributed by atoms with Crippen LogP contribution < -0.4 is 5.32 Å². The van der Waals surface area contributed by atoms with Crippen LogP contribution in [0.25, 0.3) is 0 Å². The number of hydrogen-bond donors (Lipinski definition) is 3. The summed E-state index contributed by atoms with van der Waals surface area (Å²) in [4.78, 5) is 23.3. The topological polar surface area (TPSA) is 122 Å². The lowest BCUT2D eigenvalue weighted by atomic mass is 10.0. The fourth-order valence-electron chi connectivity index (χ4n) is 3.87. The number of ether oxygens (including phenoxy) is 1. The molecule has 39 heavy (non-hydrogen) atoms. The molecule has 3 N–H and O–H groups in total. The number of carbonyl (C=O) groups excluding carboxylic acids is 1. The number of unbranched alkanes of at least 4 members (excludes halogenated alkanes) is 11. The van der Waals surface area contributed by atoms with Crippen molar-refractivity contribution in [3.63, 3.8) is 0 Å². The van der Waals surface area contributed by atoms with Crippen LogP contribution in [0.15, 0.2) is 41.3 Å². The fraction of sp³-hybridized carbons (Fsp3) is 0.690. The Morgan fingerprint density at radius 1 is 1.03 bits per heavy atom. The highest BCUT2D eigenvalue weighted by molar-refractivity contribution is 8.76. The molecular formula is C29H48N2O6S2. The van der Waals surface area contributed by atoms with E-state index in [-0.39, 0.29) is 17.2 Å². The lowest BCUT2D eigenvalue weighted by Gasteiger charge is -2.24. The summed E-state index contributed by atoms with van der Waals surface area (Å²) >= 11 is 0. The smallest absolute Gasteiger partial charge is 0.408 e. The lowest BCUT2D eigenvalue weighted by Crippen LogP contribution is -2.47. The summed E-state index contributed by atoms with van der Waals surface area (Å²) in [5, 5.41) is 33.2. The van der Waals surface area contributed by atoms with Crippen molar-refractivity contribution >= 4 is 33.4 Å². The number of carbonyl (C=O) groups is 1. The average molecular weight is 585 g/mol. The molecule has 1 amide bonds. The van der Waals surface area contributed by atoms with Crippen LogP contribution in [0.2, 0.25) is 0 Å². The van der Waals surface area contributed by atoms with Gasteiger partial charge in [0.15, 0.2) is 0 Å². The first-order valence-electron chi connectivity index (χ1n) is 14.1. The lowest BCUT2D eigenvalue weighted by molar-refractivity contribution is -0.387. The summed E-state index contributed by atoms with van der Waals surface area (Å²) in [6.07, 6.45) is 16.2. The fourth-order valence-corrected chi connectivity index (χ4v) is 6.17. The Morgan fingerprint density at radius 2 is 1.59 bits per heavy atom. The van der Waals surface area contributed by atoms with Crippen LogP contribution in [-0.4, -0.2) is 51.3 Å². The molecule has 1 aromatic rings. The Balaban J connectivity index is 1.94. The van der Waals surface area contributed by atoms with Crippen LogP contribution in [0.4, 0.5) is 10.5 Å². The number of nitrogens with zero attached hydrogens (tertiary/aromatic N) is 1. The number of para-hydroxylation sites is 1. The largest absolute Gasteiger partial charge is 0.444 e. The molecule has 0 heterocycles. The zero-order valence-corrected chi connectivity index (χ0v) is 25.4. The Morgan fingerprint density at radius 3 is 2.15 bits per heavy atom. The van der Waals surface area contributed by atoms with E-state index in [1.54, 1.807) is 49.8 Å². The quantitative estimate of drug-likeness (QED) is 0.0439. The van der Waals surface area contributed by atoms with Crippen molar-refractivity contribution in [3.8, 4) is 0 Å². The first kappa shape index (κ1) is 35.3. The van der Waals surface area contributed by atoms with E-state index in [4.69, 9.17) is 4.74 Å². The second-order valence-corrected chi connectivity index (χ2v) is 13.1. The summed E-state index contributed by atoms with van der Waals surface area (Å²) in [5.74, 6) is 1.01. The number of alkyl carbamates (subject to hydrolysis) is 1. The summed E-state index contributed by atoms with van der Waals surface area (Å²) in [5.41, 5.74) is -0.450. The van der Waals surface area contributed by atoms with Crippen molar-refractivity contribution < 1.29 is 24.7 Å². The van der Waals surface area contributed by atoms with Crippen LogP contribution >= 0.6 is 21.6 Å². The normalized spacial score (nSPS) is 13.4. The van der Waals surface area contributed by atoms with Crippen molar-refractivity contribution in [2.45, 2.75) is 120 Å². The van der Waals surface area contributed by atoms with Gasteiger partial charge in [0.25, 0.3) is 5.69 Å². The Labute approximate surface area is 242 Å². The van der Waals surface area contributed by atoms with Gasteiger partial charge in [0.05, 0.1) is 28.6 Å². The van der Waals surface area contributed by atoms with Crippen LogP contribution in [0.3, 0.4) is 0 Å². The molecule has 1 aromatic carbocycles. The molecular weight excluding hydrogens is 536 g/mol. The number of rotatable bonds is 21. The molecule has 8 nitrogen and oxygen atoms in total. The van der Waals surface area contributed by atoms with E-state index in [0.29, 0.717) is 0 Å². The SMILES string of the molecule is CC(C)(C)OC(=O)N[C@@H](CO)[C@H](O)/C=C/CCCCCCCCCCCCCSSc1ccccc1[N+](=O)[O-]. The van der Waals surface area contributed by atoms with E-state index in [1.807, 2.05) is 18.2 Å². The standard InChI is InChI=1S/C29H48N2O6S2/c1-29(2,3)37-28(34)30-24(23-32)26(33)20-15-13-11-9-7-5-4-6-8-10-12-14-18-22-38-39-27-21-17-16-19-25(27)31(35)36/h15-17,19-21,24,26,32-33H,4-14,18,22-23H2,1-3H3,(H,30,34)/b20-15+/t24-,26+/m0/s1. The van der Waals surface area contributed by atoms with Crippen LogP contribution in [0.1, 0.15) is 97.8 Å². The molecule has 222 valence electrons. The summed E-state index contributed by atoms with van der Waals surface area (Å²) in [6.45, 7) is 4.91. The number of hydrogen-bond acceptors (Lipinski definition) is 8. The van der Waals surface area contributed by atoms with Gasteiger partial charge < -0.3 is 20.3 Å². The number of nitro groups is 1. The van der Waals surface area contributed by atoms with Gasteiger partial charge in [-0.1, -0.05) is 104 Å². The Bertz CT molecular complexity index is 847. The highest BCUT2D eigenvalue weighted by atomic mass is 33.1. The third-order valence-corrected chi connectivity index (χ3v) is 8.44. The maximum absolute atomic E-state index is 11.8. The molecule has 0 bridgehead atoms. The van der Waals surface area contributed by atoms with Gasteiger partial charge in [-0.25, -0.2) is 4.79 Å². The summed E-state index contributed by atoms with van der Waals surface area (Å²) in [6, 6.07) is 6.11. The summed E-state index contributed by atoms with van der Waals surface area (Å²) < 4.78 is 5.16. The van der Waals surface area contributed by atoms with Gasteiger partial charge in [0, 0.05) is 11.8 Å². The zero-order valence-electron chi connectivity index (χ0n) is 23.8. The second-order valence-electron chi connectivity index (χ2n) is 10.7. The van der Waals surface area contributed by atoms with E-state index >= 15 is 0 Å². The Kier molecular flexibility index (Phi) is 19.0. The van der Waals surface area contributed by atoms with Crippen molar-refractivity contribution in [2.75, 3.05) is 12.4 Å². The first-order valence-corrected chi connectivity index (χ1v) is 16.4. The molecule has 0 aliphatic rings. The third-order valence-electron chi connectivity index (χ3n) is 5.95. The molecule has 1 rings (SSSR count). The van der Waals surface area contributed by atoms with E-state index in [9.17, 15) is 25.1 Å². The molecule has 0 saturated carbocycles. The number of nitro benzene ring substituents is 1. The summed E-state index contributed by atoms with van der Waals surface area (Å²) in [7, 11) is 3.20. The van der Waals surface area contributed by atoms with Gasteiger partial charge in [-0.2, -0.15) is 0 Å². The number of nitrogens with one attached hydrogen (secondary N) is 1. The molecule has 2 atom stereocenters. The van der Waals surface area contributed by atoms with Crippen LogP contribution in [0.5, 0.6) is 0 Å². The maximum Gasteiger partial charge on any atom is 0.408 e. The second kappa shape index (κ2) is 21.1. The van der Waals surface area contributed by atoms with Crippen molar-refractivity contribution in [3.05, 3.63) is 46.5 Å². The number of benzene rings is 1. The molecule has 10 heteroatoms. The molecule has 0 saturated heterocycles. The maximum atomic E-state index is 11.8. The van der Waals surface area contributed by atoms with Gasteiger partial charge in [0.1, 0.15) is 5.60 Å². The predicted octanol–water partition coefficient (Wildman–Crippen LogP) is 7.82.